The van der Waals surface area contributed by atoms with E-state index in [1.165, 1.54) is 11.1 Å². The molecule has 0 aromatic heterocycles. The molecule has 0 radical (unpaired) electrons. The van der Waals surface area contributed by atoms with E-state index in [0.29, 0.717) is 13.2 Å². The first-order valence-corrected chi connectivity index (χ1v) is 11.2. The molecular weight excluding hydrogens is 404 g/mol. The molecule has 0 fully saturated rings. The second-order valence-corrected chi connectivity index (χ2v) is 7.31. The van der Waals surface area contributed by atoms with E-state index in [1.807, 2.05) is 30.3 Å². The summed E-state index contributed by atoms with van der Waals surface area (Å²) in [5.74, 6) is 3.15. The lowest BCUT2D eigenvalue weighted by Gasteiger charge is -2.18. The van der Waals surface area contributed by atoms with Crippen molar-refractivity contribution in [3.05, 3.63) is 53.6 Å². The molecule has 0 atom stereocenters. The average Bonchev–Trinajstić information content (AvgIpc) is 2.84. The van der Waals surface area contributed by atoms with Crippen LogP contribution in [0, 0.1) is 0 Å². The van der Waals surface area contributed by atoms with Gasteiger partial charge in [0.15, 0.2) is 17.5 Å². The van der Waals surface area contributed by atoms with Crippen molar-refractivity contribution in [1.29, 1.82) is 0 Å². The number of nitrogens with one attached hydrogen (secondary N) is 2. The van der Waals surface area contributed by atoms with Gasteiger partial charge in [-0.05, 0) is 54.9 Å². The highest BCUT2D eigenvalue weighted by molar-refractivity contribution is 5.79. The van der Waals surface area contributed by atoms with Crippen LogP contribution in [0.2, 0.25) is 0 Å². The Bertz CT molecular complexity index is 820. The first kappa shape index (κ1) is 25.3. The minimum Gasteiger partial charge on any atom is -0.493 e. The predicted molar refractivity (Wildman–Crippen MR) is 131 cm³/mol. The smallest absolute Gasteiger partial charge is 0.191 e. The van der Waals surface area contributed by atoms with Crippen LogP contribution in [-0.2, 0) is 13.0 Å². The van der Waals surface area contributed by atoms with Gasteiger partial charge in [0.2, 0.25) is 0 Å². The maximum Gasteiger partial charge on any atom is 0.191 e. The summed E-state index contributed by atoms with van der Waals surface area (Å²) < 4.78 is 16.5. The van der Waals surface area contributed by atoms with Crippen LogP contribution in [-0.4, -0.2) is 64.9 Å². The zero-order valence-corrected chi connectivity index (χ0v) is 20.1. The van der Waals surface area contributed by atoms with Crippen LogP contribution in [0.4, 0.5) is 0 Å². The molecule has 2 aromatic carbocycles. The molecule has 2 N–H and O–H groups in total. The molecule has 0 aliphatic heterocycles. The monoisotopic (exact) mass is 442 g/mol. The summed E-state index contributed by atoms with van der Waals surface area (Å²) in [6, 6.07) is 14.2. The number of hydrogen-bond acceptors (Lipinski definition) is 5. The Morgan fingerprint density at radius 1 is 0.906 bits per heavy atom. The molecule has 2 rings (SSSR count). The van der Waals surface area contributed by atoms with Crippen molar-refractivity contribution >= 4 is 5.96 Å². The van der Waals surface area contributed by atoms with Crippen molar-refractivity contribution in [1.82, 2.24) is 15.5 Å². The summed E-state index contributed by atoms with van der Waals surface area (Å²) in [4.78, 5) is 6.66. The molecule has 0 heterocycles. The molecule has 0 aliphatic carbocycles. The van der Waals surface area contributed by atoms with Gasteiger partial charge >= 0.3 is 0 Å². The molecule has 0 spiro atoms. The lowest BCUT2D eigenvalue weighted by molar-refractivity contribution is 0.223. The van der Waals surface area contributed by atoms with Gasteiger partial charge < -0.3 is 29.7 Å². The van der Waals surface area contributed by atoms with E-state index in [-0.39, 0.29) is 0 Å². The SMILES string of the molecule is CCN(CC)CCOc1ccc(CNC(=NC)NCCc2ccc(OC)c(OC)c2)cc1. The molecule has 7 heteroatoms. The quantitative estimate of drug-likeness (QED) is 0.366. The Kier molecular flexibility index (Phi) is 11.2. The first-order chi connectivity index (χ1) is 15.6. The highest BCUT2D eigenvalue weighted by Crippen LogP contribution is 2.27. The fraction of sp³-hybridized carbons (Fsp3) is 0.480. The lowest BCUT2D eigenvalue weighted by Crippen LogP contribution is -2.37. The van der Waals surface area contributed by atoms with Crippen molar-refractivity contribution < 1.29 is 14.2 Å². The standard InChI is InChI=1S/C25H38N4O3/c1-6-29(7-2)16-17-32-22-11-8-21(9-12-22)19-28-25(26-3)27-15-14-20-10-13-23(30-4)24(18-20)31-5/h8-13,18H,6-7,14-17,19H2,1-5H3,(H2,26,27,28). The van der Waals surface area contributed by atoms with Crippen LogP contribution >= 0.6 is 0 Å². The van der Waals surface area contributed by atoms with E-state index in [0.717, 1.165) is 55.8 Å². The maximum atomic E-state index is 5.85. The summed E-state index contributed by atoms with van der Waals surface area (Å²) in [5, 5.41) is 6.70. The summed E-state index contributed by atoms with van der Waals surface area (Å²) in [6.07, 6.45) is 0.848. The van der Waals surface area contributed by atoms with Crippen molar-refractivity contribution in [2.45, 2.75) is 26.8 Å². The highest BCUT2D eigenvalue weighted by atomic mass is 16.5. The van der Waals surface area contributed by atoms with E-state index < -0.39 is 0 Å². The fourth-order valence-electron chi connectivity index (χ4n) is 3.30. The van der Waals surface area contributed by atoms with Gasteiger partial charge in [0.1, 0.15) is 12.4 Å². The fourth-order valence-corrected chi connectivity index (χ4v) is 3.30. The second kappa shape index (κ2) is 14.2. The predicted octanol–water partition coefficient (Wildman–Crippen LogP) is 3.33. The lowest BCUT2D eigenvalue weighted by atomic mass is 10.1. The van der Waals surface area contributed by atoms with Gasteiger partial charge in [0, 0.05) is 26.7 Å². The van der Waals surface area contributed by atoms with E-state index >= 15 is 0 Å². The third kappa shape index (κ3) is 8.30. The Morgan fingerprint density at radius 2 is 1.59 bits per heavy atom. The van der Waals surface area contributed by atoms with Gasteiger partial charge in [-0.2, -0.15) is 0 Å². The Morgan fingerprint density at radius 3 is 2.22 bits per heavy atom. The van der Waals surface area contributed by atoms with Crippen LogP contribution < -0.4 is 24.8 Å². The van der Waals surface area contributed by atoms with Crippen LogP contribution in [0.25, 0.3) is 0 Å². The number of guanidine groups is 1. The zero-order chi connectivity index (χ0) is 23.2. The molecule has 0 saturated heterocycles. The molecule has 32 heavy (non-hydrogen) atoms. The van der Waals surface area contributed by atoms with E-state index in [1.54, 1.807) is 21.3 Å². The number of rotatable bonds is 13. The summed E-state index contributed by atoms with van der Waals surface area (Å²) in [7, 11) is 5.07. The Hall–Kier alpha value is -2.93. The minimum absolute atomic E-state index is 0.690. The number of benzene rings is 2. The highest BCUT2D eigenvalue weighted by Gasteiger charge is 2.05. The van der Waals surface area contributed by atoms with Crippen molar-refractivity contribution in [2.75, 3.05) is 54.1 Å². The van der Waals surface area contributed by atoms with E-state index in [2.05, 4.69) is 46.5 Å². The normalized spacial score (nSPS) is 11.4. The van der Waals surface area contributed by atoms with Crippen LogP contribution in [0.3, 0.4) is 0 Å². The maximum absolute atomic E-state index is 5.85. The van der Waals surface area contributed by atoms with Crippen molar-refractivity contribution in [3.8, 4) is 17.2 Å². The Labute approximate surface area is 192 Å². The second-order valence-electron chi connectivity index (χ2n) is 7.31. The molecule has 0 saturated carbocycles. The third-order valence-corrected chi connectivity index (χ3v) is 5.33. The van der Waals surface area contributed by atoms with E-state index in [4.69, 9.17) is 14.2 Å². The number of nitrogens with zero attached hydrogens (tertiary/aromatic N) is 2. The molecule has 0 unspecified atom stereocenters. The van der Waals surface area contributed by atoms with E-state index in [9.17, 15) is 0 Å². The largest absolute Gasteiger partial charge is 0.493 e. The molecule has 0 aliphatic rings. The minimum atomic E-state index is 0.690. The van der Waals surface area contributed by atoms with Gasteiger partial charge in [-0.25, -0.2) is 0 Å². The van der Waals surface area contributed by atoms with Gasteiger partial charge in [-0.1, -0.05) is 32.0 Å². The van der Waals surface area contributed by atoms with Crippen molar-refractivity contribution in [2.24, 2.45) is 4.99 Å². The summed E-state index contributed by atoms with van der Waals surface area (Å²) >= 11 is 0. The average molecular weight is 443 g/mol. The zero-order valence-electron chi connectivity index (χ0n) is 20.1. The van der Waals surface area contributed by atoms with Gasteiger partial charge in [0.25, 0.3) is 0 Å². The van der Waals surface area contributed by atoms with Crippen LogP contribution in [0.5, 0.6) is 17.2 Å². The Balaban J connectivity index is 1.74. The number of methoxy groups -OCH3 is 2. The molecular formula is C25H38N4O3. The third-order valence-electron chi connectivity index (χ3n) is 5.33. The van der Waals surface area contributed by atoms with Crippen LogP contribution in [0.15, 0.2) is 47.5 Å². The number of likely N-dealkylation sites (N-methyl/N-ethyl adjacent to an activating group) is 1. The van der Waals surface area contributed by atoms with Gasteiger partial charge in [-0.3, -0.25) is 4.99 Å². The van der Waals surface area contributed by atoms with Crippen molar-refractivity contribution in [3.63, 3.8) is 0 Å². The number of ether oxygens (including phenoxy) is 3. The van der Waals surface area contributed by atoms with Gasteiger partial charge in [-0.15, -0.1) is 0 Å². The molecule has 176 valence electrons. The molecule has 0 bridgehead atoms. The topological polar surface area (TPSA) is 67.4 Å². The summed E-state index contributed by atoms with van der Waals surface area (Å²) in [5.41, 5.74) is 2.34. The number of aliphatic imine (C=N–C) groups is 1. The van der Waals surface area contributed by atoms with Gasteiger partial charge in [0.05, 0.1) is 14.2 Å². The number of hydrogen-bond donors (Lipinski definition) is 2. The molecule has 7 nitrogen and oxygen atoms in total. The molecule has 0 amide bonds. The van der Waals surface area contributed by atoms with Crippen LogP contribution in [0.1, 0.15) is 25.0 Å². The molecule has 2 aromatic rings. The summed E-state index contributed by atoms with van der Waals surface area (Å²) in [6.45, 7) is 9.54. The first-order valence-electron chi connectivity index (χ1n) is 11.2.